The number of hydrogen-bond acceptors (Lipinski definition) is 5. The van der Waals surface area contributed by atoms with E-state index in [0.717, 1.165) is 12.8 Å². The molecule has 0 saturated heterocycles. The van der Waals surface area contributed by atoms with Crippen LogP contribution in [0.25, 0.3) is 0 Å². The molecule has 1 aromatic rings. The first-order chi connectivity index (χ1) is 7.10. The van der Waals surface area contributed by atoms with Gasteiger partial charge in [-0.1, -0.05) is 18.5 Å². The third kappa shape index (κ3) is 3.28. The van der Waals surface area contributed by atoms with Gasteiger partial charge in [-0.3, -0.25) is 0 Å². The largest absolute Gasteiger partial charge is 0.374 e. The molecule has 0 aliphatic rings. The van der Waals surface area contributed by atoms with Crippen molar-refractivity contribution in [3.63, 3.8) is 0 Å². The van der Waals surface area contributed by atoms with Gasteiger partial charge in [-0.05, 0) is 20.3 Å². The smallest absolute Gasteiger partial charge is 0.246 e. The van der Waals surface area contributed by atoms with Crippen LogP contribution in [0, 0.1) is 0 Å². The molecular weight excluding hydrogens is 194 g/mol. The van der Waals surface area contributed by atoms with E-state index in [2.05, 4.69) is 17.1 Å². The fourth-order valence-electron chi connectivity index (χ4n) is 1.36. The Morgan fingerprint density at radius 3 is 2.80 bits per heavy atom. The zero-order chi connectivity index (χ0) is 11.3. The molecule has 0 saturated carbocycles. The number of nitrogens with zero attached hydrogens (tertiary/aromatic N) is 2. The lowest BCUT2D eigenvalue weighted by molar-refractivity contribution is 0.126. The summed E-state index contributed by atoms with van der Waals surface area (Å²) in [5.41, 5.74) is 5.52. The predicted octanol–water partition coefficient (Wildman–Crippen LogP) is 1.58. The van der Waals surface area contributed by atoms with E-state index in [0.29, 0.717) is 24.9 Å². The standard InChI is InChI=1S/C10H19N3O2/c1-4-6-10(3,11)9-12-8(13-15-9)7-14-5-2/h4-7,11H2,1-3H3. The third-order valence-corrected chi connectivity index (χ3v) is 2.16. The zero-order valence-corrected chi connectivity index (χ0v) is 9.62. The highest BCUT2D eigenvalue weighted by atomic mass is 16.5. The summed E-state index contributed by atoms with van der Waals surface area (Å²) >= 11 is 0. The normalized spacial score (nSPS) is 15.2. The highest BCUT2D eigenvalue weighted by Crippen LogP contribution is 2.21. The summed E-state index contributed by atoms with van der Waals surface area (Å²) in [7, 11) is 0. The Labute approximate surface area is 90.0 Å². The molecule has 2 N–H and O–H groups in total. The molecule has 0 amide bonds. The van der Waals surface area contributed by atoms with Gasteiger partial charge >= 0.3 is 0 Å². The molecule has 0 bridgehead atoms. The van der Waals surface area contributed by atoms with Gasteiger partial charge in [-0.25, -0.2) is 0 Å². The van der Waals surface area contributed by atoms with Gasteiger partial charge in [0.2, 0.25) is 5.89 Å². The molecule has 5 nitrogen and oxygen atoms in total. The summed E-state index contributed by atoms with van der Waals surface area (Å²) < 4.78 is 10.3. The highest BCUT2D eigenvalue weighted by Gasteiger charge is 2.27. The van der Waals surface area contributed by atoms with Crippen LogP contribution in [0.5, 0.6) is 0 Å². The Morgan fingerprint density at radius 1 is 1.47 bits per heavy atom. The first-order valence-electron chi connectivity index (χ1n) is 5.29. The Balaban J connectivity index is 2.66. The SMILES string of the molecule is CCCC(C)(N)c1nc(COCC)no1. The van der Waals surface area contributed by atoms with Crippen LogP contribution in [0.4, 0.5) is 0 Å². The number of hydrogen-bond donors (Lipinski definition) is 1. The van der Waals surface area contributed by atoms with E-state index in [1.165, 1.54) is 0 Å². The third-order valence-electron chi connectivity index (χ3n) is 2.16. The number of ether oxygens (including phenoxy) is 1. The first-order valence-corrected chi connectivity index (χ1v) is 5.29. The lowest BCUT2D eigenvalue weighted by Gasteiger charge is -2.18. The summed E-state index contributed by atoms with van der Waals surface area (Å²) in [5.74, 6) is 1.04. The van der Waals surface area contributed by atoms with Crippen molar-refractivity contribution < 1.29 is 9.26 Å². The van der Waals surface area contributed by atoms with Crippen molar-refractivity contribution in [1.82, 2.24) is 10.1 Å². The average molecular weight is 213 g/mol. The molecule has 1 rings (SSSR count). The van der Waals surface area contributed by atoms with Crippen LogP contribution in [0.2, 0.25) is 0 Å². The van der Waals surface area contributed by atoms with E-state index in [9.17, 15) is 0 Å². The van der Waals surface area contributed by atoms with Gasteiger partial charge in [0.1, 0.15) is 6.61 Å². The second kappa shape index (κ2) is 5.23. The highest BCUT2D eigenvalue weighted by molar-refractivity contribution is 4.99. The summed E-state index contributed by atoms with van der Waals surface area (Å²) in [6.07, 6.45) is 1.81. The van der Waals surface area contributed by atoms with E-state index in [4.69, 9.17) is 15.0 Å². The first kappa shape index (κ1) is 12.1. The predicted molar refractivity (Wildman–Crippen MR) is 56.1 cm³/mol. The fourth-order valence-corrected chi connectivity index (χ4v) is 1.36. The molecule has 1 aromatic heterocycles. The van der Waals surface area contributed by atoms with Crippen LogP contribution in [0.1, 0.15) is 45.3 Å². The Bertz CT molecular complexity index is 297. The Morgan fingerprint density at radius 2 is 2.20 bits per heavy atom. The Kier molecular flexibility index (Phi) is 4.23. The van der Waals surface area contributed by atoms with E-state index in [1.807, 2.05) is 13.8 Å². The van der Waals surface area contributed by atoms with Crippen molar-refractivity contribution >= 4 is 0 Å². The van der Waals surface area contributed by atoms with Crippen LogP contribution in [0.3, 0.4) is 0 Å². The van der Waals surface area contributed by atoms with E-state index in [-0.39, 0.29) is 0 Å². The number of rotatable bonds is 6. The Hall–Kier alpha value is -0.940. The van der Waals surface area contributed by atoms with Gasteiger partial charge in [0.25, 0.3) is 0 Å². The summed E-state index contributed by atoms with van der Waals surface area (Å²) in [6.45, 7) is 6.91. The van der Waals surface area contributed by atoms with Gasteiger partial charge in [0.05, 0.1) is 5.54 Å². The van der Waals surface area contributed by atoms with Gasteiger partial charge in [-0.2, -0.15) is 4.98 Å². The maximum Gasteiger partial charge on any atom is 0.246 e. The van der Waals surface area contributed by atoms with Crippen LogP contribution in [-0.4, -0.2) is 16.7 Å². The zero-order valence-electron chi connectivity index (χ0n) is 9.62. The second-order valence-corrected chi connectivity index (χ2v) is 3.82. The molecule has 0 aliphatic heterocycles. The van der Waals surface area contributed by atoms with E-state index >= 15 is 0 Å². The summed E-state index contributed by atoms with van der Waals surface area (Å²) in [5, 5.41) is 3.81. The van der Waals surface area contributed by atoms with Crippen LogP contribution < -0.4 is 5.73 Å². The van der Waals surface area contributed by atoms with E-state index < -0.39 is 5.54 Å². The molecule has 0 fully saturated rings. The van der Waals surface area contributed by atoms with Crippen molar-refractivity contribution in [1.29, 1.82) is 0 Å². The molecule has 5 heteroatoms. The minimum Gasteiger partial charge on any atom is -0.374 e. The minimum atomic E-state index is -0.536. The summed E-state index contributed by atoms with van der Waals surface area (Å²) in [4.78, 5) is 4.21. The molecule has 0 aromatic carbocycles. The van der Waals surface area contributed by atoms with Gasteiger partial charge in [0, 0.05) is 6.61 Å². The molecule has 0 aliphatic carbocycles. The number of nitrogens with two attached hydrogens (primary N) is 1. The van der Waals surface area contributed by atoms with Crippen molar-refractivity contribution in [3.05, 3.63) is 11.7 Å². The number of aromatic nitrogens is 2. The van der Waals surface area contributed by atoms with Crippen molar-refractivity contribution in [3.8, 4) is 0 Å². The molecular formula is C10H19N3O2. The molecule has 0 spiro atoms. The molecule has 1 heterocycles. The van der Waals surface area contributed by atoms with Gasteiger partial charge in [-0.15, -0.1) is 0 Å². The van der Waals surface area contributed by atoms with Crippen LogP contribution in [-0.2, 0) is 16.9 Å². The quantitative estimate of drug-likeness (QED) is 0.776. The van der Waals surface area contributed by atoms with Gasteiger partial charge < -0.3 is 15.0 Å². The maximum atomic E-state index is 6.05. The monoisotopic (exact) mass is 213 g/mol. The van der Waals surface area contributed by atoms with Crippen LogP contribution in [0.15, 0.2) is 4.52 Å². The van der Waals surface area contributed by atoms with Crippen molar-refractivity contribution in [2.45, 2.75) is 45.8 Å². The molecule has 15 heavy (non-hydrogen) atoms. The molecule has 0 radical (unpaired) electrons. The summed E-state index contributed by atoms with van der Waals surface area (Å²) in [6, 6.07) is 0. The molecule has 86 valence electrons. The topological polar surface area (TPSA) is 74.2 Å². The van der Waals surface area contributed by atoms with Gasteiger partial charge in [0.15, 0.2) is 5.82 Å². The second-order valence-electron chi connectivity index (χ2n) is 3.82. The fraction of sp³-hybridized carbons (Fsp3) is 0.800. The maximum absolute atomic E-state index is 6.05. The lowest BCUT2D eigenvalue weighted by atomic mass is 9.98. The van der Waals surface area contributed by atoms with E-state index in [1.54, 1.807) is 0 Å². The average Bonchev–Trinajstić information content (AvgIpc) is 2.63. The lowest BCUT2D eigenvalue weighted by Crippen LogP contribution is -2.33. The van der Waals surface area contributed by atoms with Crippen LogP contribution >= 0.6 is 0 Å². The minimum absolute atomic E-state index is 0.377. The van der Waals surface area contributed by atoms with Crippen molar-refractivity contribution in [2.75, 3.05) is 6.61 Å². The van der Waals surface area contributed by atoms with Crippen molar-refractivity contribution in [2.24, 2.45) is 5.73 Å². The molecule has 1 atom stereocenters. The molecule has 1 unspecified atom stereocenters.